The first-order chi connectivity index (χ1) is 9.08. The van der Waals surface area contributed by atoms with Crippen LogP contribution in [0.1, 0.15) is 11.1 Å². The van der Waals surface area contributed by atoms with Crippen molar-refractivity contribution >= 4 is 41.4 Å². The summed E-state index contributed by atoms with van der Waals surface area (Å²) in [4.78, 5) is 0. The van der Waals surface area contributed by atoms with E-state index in [1.165, 1.54) is 0 Å². The molecule has 3 nitrogen and oxygen atoms in total. The van der Waals surface area contributed by atoms with Crippen LogP contribution < -0.4 is 10.5 Å². The zero-order chi connectivity index (χ0) is 13.8. The van der Waals surface area contributed by atoms with Crippen molar-refractivity contribution in [3.63, 3.8) is 0 Å². The van der Waals surface area contributed by atoms with E-state index in [1.807, 2.05) is 6.07 Å². The third-order valence-corrected chi connectivity index (χ3v) is 3.16. The highest BCUT2D eigenvalue weighted by Crippen LogP contribution is 2.24. The number of nitrogens with two attached hydrogens (primary N) is 1. The summed E-state index contributed by atoms with van der Waals surface area (Å²) in [5.74, 6) is 0.527. The highest BCUT2D eigenvalue weighted by molar-refractivity contribution is 6.35. The first kappa shape index (κ1) is 16.6. The van der Waals surface area contributed by atoms with Crippen molar-refractivity contribution in [1.29, 1.82) is 5.41 Å². The molecule has 0 unspecified atom stereocenters. The molecule has 0 heterocycles. The number of nitrogens with one attached hydrogen (secondary N) is 1. The van der Waals surface area contributed by atoms with Crippen LogP contribution in [0, 0.1) is 5.41 Å². The fraction of sp³-hybridized carbons (Fsp3) is 0.0714. The summed E-state index contributed by atoms with van der Waals surface area (Å²) in [5, 5.41) is 8.61. The maximum Gasteiger partial charge on any atom is 0.130 e. The van der Waals surface area contributed by atoms with Gasteiger partial charge in [0.15, 0.2) is 0 Å². The van der Waals surface area contributed by atoms with Crippen molar-refractivity contribution in [1.82, 2.24) is 0 Å². The van der Waals surface area contributed by atoms with Crippen LogP contribution in [0.3, 0.4) is 0 Å². The smallest absolute Gasteiger partial charge is 0.130 e. The van der Waals surface area contributed by atoms with Gasteiger partial charge in [0.1, 0.15) is 18.2 Å². The van der Waals surface area contributed by atoms with Crippen LogP contribution >= 0.6 is 35.6 Å². The Bertz CT molecular complexity index is 617. The van der Waals surface area contributed by atoms with Crippen LogP contribution in [-0.4, -0.2) is 5.84 Å². The maximum atomic E-state index is 7.48. The van der Waals surface area contributed by atoms with Crippen molar-refractivity contribution < 1.29 is 4.74 Å². The lowest BCUT2D eigenvalue weighted by Crippen LogP contribution is -2.13. The van der Waals surface area contributed by atoms with Gasteiger partial charge in [0.25, 0.3) is 0 Å². The summed E-state index contributed by atoms with van der Waals surface area (Å²) >= 11 is 11.9. The molecule has 106 valence electrons. The quantitative estimate of drug-likeness (QED) is 0.649. The summed E-state index contributed by atoms with van der Waals surface area (Å²) in [6.45, 7) is 0.292. The lowest BCUT2D eigenvalue weighted by Gasteiger charge is -2.11. The number of hydrogen-bond donors (Lipinski definition) is 2. The van der Waals surface area contributed by atoms with Crippen LogP contribution in [0.2, 0.25) is 10.0 Å². The average molecular weight is 332 g/mol. The van der Waals surface area contributed by atoms with E-state index >= 15 is 0 Å². The second-order valence-electron chi connectivity index (χ2n) is 3.93. The minimum absolute atomic E-state index is 0. The van der Waals surface area contributed by atoms with Crippen LogP contribution in [0.4, 0.5) is 0 Å². The Balaban J connectivity index is 0.00000200. The molecule has 0 radical (unpaired) electrons. The van der Waals surface area contributed by atoms with E-state index in [0.717, 1.165) is 5.56 Å². The summed E-state index contributed by atoms with van der Waals surface area (Å²) < 4.78 is 5.66. The number of hydrogen-bond acceptors (Lipinski definition) is 2. The van der Waals surface area contributed by atoms with Crippen LogP contribution in [-0.2, 0) is 6.61 Å². The lowest BCUT2D eigenvalue weighted by atomic mass is 10.2. The average Bonchev–Trinajstić information content (AvgIpc) is 2.38. The molecule has 20 heavy (non-hydrogen) atoms. The number of rotatable bonds is 4. The predicted molar refractivity (Wildman–Crippen MR) is 85.5 cm³/mol. The van der Waals surface area contributed by atoms with E-state index in [-0.39, 0.29) is 18.2 Å². The molecule has 6 heteroatoms. The molecule has 0 amide bonds. The first-order valence-electron chi connectivity index (χ1n) is 5.58. The predicted octanol–water partition coefficient (Wildman–Crippen LogP) is 4.28. The van der Waals surface area contributed by atoms with E-state index in [9.17, 15) is 0 Å². The number of benzene rings is 2. The zero-order valence-corrected chi connectivity index (χ0v) is 12.7. The van der Waals surface area contributed by atoms with Crippen LogP contribution in [0.15, 0.2) is 42.5 Å². The van der Waals surface area contributed by atoms with E-state index in [1.54, 1.807) is 36.4 Å². The lowest BCUT2D eigenvalue weighted by molar-refractivity contribution is 0.305. The number of ether oxygens (including phenoxy) is 1. The Morgan fingerprint density at radius 3 is 2.50 bits per heavy atom. The molecule has 0 bridgehead atoms. The van der Waals surface area contributed by atoms with Gasteiger partial charge in [-0.25, -0.2) is 0 Å². The third kappa shape index (κ3) is 4.04. The van der Waals surface area contributed by atoms with Crippen LogP contribution in [0.25, 0.3) is 0 Å². The van der Waals surface area contributed by atoms with Crippen molar-refractivity contribution in [2.45, 2.75) is 6.61 Å². The fourth-order valence-corrected chi connectivity index (χ4v) is 2.07. The molecule has 0 aliphatic heterocycles. The van der Waals surface area contributed by atoms with Gasteiger partial charge in [0.2, 0.25) is 0 Å². The van der Waals surface area contributed by atoms with Gasteiger partial charge in [-0.1, -0.05) is 41.4 Å². The molecule has 0 saturated carbocycles. The third-order valence-electron chi connectivity index (χ3n) is 2.58. The fourth-order valence-electron chi connectivity index (χ4n) is 1.61. The van der Waals surface area contributed by atoms with Crippen molar-refractivity contribution in [2.24, 2.45) is 5.73 Å². The minimum Gasteiger partial charge on any atom is -0.488 e. The topological polar surface area (TPSA) is 59.1 Å². The molecular weight excluding hydrogens is 319 g/mol. The monoisotopic (exact) mass is 330 g/mol. The second-order valence-corrected chi connectivity index (χ2v) is 4.78. The van der Waals surface area contributed by atoms with E-state index in [2.05, 4.69) is 0 Å². The Labute approximate surface area is 133 Å². The molecule has 0 spiro atoms. The highest BCUT2D eigenvalue weighted by Gasteiger charge is 2.07. The van der Waals surface area contributed by atoms with Gasteiger partial charge in [0.05, 0.1) is 5.56 Å². The van der Waals surface area contributed by atoms with Crippen molar-refractivity contribution in [3.05, 3.63) is 63.6 Å². The second kappa shape index (κ2) is 7.39. The molecule has 0 fully saturated rings. The molecule has 0 aliphatic rings. The number of halogens is 3. The normalized spacial score (nSPS) is 9.70. The van der Waals surface area contributed by atoms with E-state index in [0.29, 0.717) is 28.0 Å². The first-order valence-corrected chi connectivity index (χ1v) is 6.33. The summed E-state index contributed by atoms with van der Waals surface area (Å²) in [7, 11) is 0. The Kier molecular flexibility index (Phi) is 6.14. The minimum atomic E-state index is -0.0298. The largest absolute Gasteiger partial charge is 0.488 e. The molecular formula is C14H13Cl3N2O. The standard InChI is InChI=1S/C14H12Cl2N2O.ClH/c15-10-6-5-9(12(16)7-10)8-19-13-4-2-1-3-11(13)14(17)18;/h1-7H,8H2,(H3,17,18);1H. The van der Waals surface area contributed by atoms with Gasteiger partial charge in [-0.15, -0.1) is 12.4 Å². The number of nitrogen functional groups attached to an aromatic ring is 1. The highest BCUT2D eigenvalue weighted by atomic mass is 35.5. The van der Waals surface area contributed by atoms with E-state index < -0.39 is 0 Å². The van der Waals surface area contributed by atoms with Gasteiger partial charge in [-0.3, -0.25) is 5.41 Å². The van der Waals surface area contributed by atoms with Crippen LogP contribution in [0.5, 0.6) is 5.75 Å². The van der Waals surface area contributed by atoms with Gasteiger partial charge < -0.3 is 10.5 Å². The molecule has 2 aromatic carbocycles. The maximum absolute atomic E-state index is 7.48. The zero-order valence-electron chi connectivity index (χ0n) is 10.4. The molecule has 0 saturated heterocycles. The SMILES string of the molecule is Cl.N=C(N)c1ccccc1OCc1ccc(Cl)cc1Cl. The van der Waals surface area contributed by atoms with E-state index in [4.69, 9.17) is 39.1 Å². The summed E-state index contributed by atoms with van der Waals surface area (Å²) in [5.41, 5.74) is 6.88. The Hall–Kier alpha value is -1.42. The molecule has 3 N–H and O–H groups in total. The van der Waals surface area contributed by atoms with Crippen molar-refractivity contribution in [3.8, 4) is 5.75 Å². The van der Waals surface area contributed by atoms with Gasteiger partial charge >= 0.3 is 0 Å². The number of amidine groups is 1. The Morgan fingerprint density at radius 2 is 1.85 bits per heavy atom. The number of para-hydroxylation sites is 1. The van der Waals surface area contributed by atoms with Gasteiger partial charge in [0, 0.05) is 15.6 Å². The summed E-state index contributed by atoms with van der Waals surface area (Å²) in [6.07, 6.45) is 0. The molecule has 0 aliphatic carbocycles. The molecule has 0 atom stereocenters. The Morgan fingerprint density at radius 1 is 1.15 bits per heavy atom. The molecule has 2 rings (SSSR count). The molecule has 0 aromatic heterocycles. The summed E-state index contributed by atoms with van der Waals surface area (Å²) in [6, 6.07) is 12.4. The molecule has 2 aromatic rings. The van der Waals surface area contributed by atoms with Gasteiger partial charge in [-0.2, -0.15) is 0 Å². The van der Waals surface area contributed by atoms with Gasteiger partial charge in [-0.05, 0) is 24.3 Å². The van der Waals surface area contributed by atoms with Crippen molar-refractivity contribution in [2.75, 3.05) is 0 Å².